The molecular formula is C13H17N3OS. The molecule has 0 fully saturated rings. The Morgan fingerprint density at radius 1 is 1.50 bits per heavy atom. The molecule has 96 valence electrons. The molecule has 0 aliphatic carbocycles. The largest absolute Gasteiger partial charge is 0.309 e. The van der Waals surface area contributed by atoms with E-state index in [1.165, 1.54) is 0 Å². The number of aromatic nitrogens is 1. The third-order valence-electron chi connectivity index (χ3n) is 2.93. The summed E-state index contributed by atoms with van der Waals surface area (Å²) in [7, 11) is 3.82. The van der Waals surface area contributed by atoms with Crippen LogP contribution >= 0.6 is 11.3 Å². The number of fused-ring (bicyclic) bond motifs is 1. The molecule has 18 heavy (non-hydrogen) atoms. The molecule has 1 atom stereocenters. The topological polar surface area (TPSA) is 45.2 Å². The lowest BCUT2D eigenvalue weighted by atomic mass is 10.2. The lowest BCUT2D eigenvalue weighted by Gasteiger charge is -2.21. The highest BCUT2D eigenvalue weighted by Crippen LogP contribution is 2.25. The zero-order valence-electron chi connectivity index (χ0n) is 10.8. The van der Waals surface area contributed by atoms with Crippen molar-refractivity contribution >= 4 is 33.1 Å². The molecule has 2 aromatic heterocycles. The van der Waals surface area contributed by atoms with E-state index in [-0.39, 0.29) is 11.9 Å². The molecule has 0 aliphatic heterocycles. The number of anilines is 1. The second-order valence-corrected chi connectivity index (χ2v) is 5.32. The standard InChI is InChI=1S/C13H17N3OS/c1-4-10(16(2)3)13(17)15-12-9-6-8-18-11(9)5-7-14-12/h5-8,10H,4H2,1-3H3,(H,14,15,17). The molecule has 0 aliphatic rings. The van der Waals surface area contributed by atoms with Crippen molar-refractivity contribution in [2.45, 2.75) is 19.4 Å². The van der Waals surface area contributed by atoms with Gasteiger partial charge in [0.2, 0.25) is 5.91 Å². The summed E-state index contributed by atoms with van der Waals surface area (Å²) in [5.74, 6) is 0.646. The summed E-state index contributed by atoms with van der Waals surface area (Å²) in [5, 5.41) is 5.93. The van der Waals surface area contributed by atoms with Crippen LogP contribution in [-0.4, -0.2) is 35.9 Å². The fourth-order valence-corrected chi connectivity index (χ4v) is 2.76. The molecule has 0 radical (unpaired) electrons. The smallest absolute Gasteiger partial charge is 0.242 e. The second kappa shape index (κ2) is 5.46. The van der Waals surface area contributed by atoms with Crippen LogP contribution in [0.2, 0.25) is 0 Å². The second-order valence-electron chi connectivity index (χ2n) is 4.37. The molecule has 2 rings (SSSR count). The van der Waals surface area contributed by atoms with Gasteiger partial charge in [-0.15, -0.1) is 11.3 Å². The number of hydrogen-bond acceptors (Lipinski definition) is 4. The number of thiophene rings is 1. The molecule has 0 saturated carbocycles. The van der Waals surface area contributed by atoms with E-state index in [0.717, 1.165) is 16.5 Å². The van der Waals surface area contributed by atoms with Crippen LogP contribution in [0.3, 0.4) is 0 Å². The SMILES string of the molecule is CCC(C(=O)Nc1nccc2sccc12)N(C)C. The Labute approximate surface area is 111 Å². The Morgan fingerprint density at radius 3 is 2.94 bits per heavy atom. The number of amides is 1. The van der Waals surface area contributed by atoms with Crippen LogP contribution in [0.4, 0.5) is 5.82 Å². The number of hydrogen-bond donors (Lipinski definition) is 1. The van der Waals surface area contributed by atoms with Gasteiger partial charge in [0.25, 0.3) is 0 Å². The van der Waals surface area contributed by atoms with E-state index in [2.05, 4.69) is 10.3 Å². The summed E-state index contributed by atoms with van der Waals surface area (Å²) in [6, 6.07) is 3.82. The number of rotatable bonds is 4. The molecule has 1 N–H and O–H groups in total. The minimum atomic E-state index is -0.124. The van der Waals surface area contributed by atoms with E-state index < -0.39 is 0 Å². The average Bonchev–Trinajstić information content (AvgIpc) is 2.78. The molecule has 4 nitrogen and oxygen atoms in total. The molecule has 0 aromatic carbocycles. The predicted octanol–water partition coefficient (Wildman–Crippen LogP) is 2.58. The van der Waals surface area contributed by atoms with E-state index in [1.54, 1.807) is 17.5 Å². The van der Waals surface area contributed by atoms with Crippen LogP contribution in [0.15, 0.2) is 23.7 Å². The molecule has 0 spiro atoms. The van der Waals surface area contributed by atoms with Gasteiger partial charge in [0, 0.05) is 16.3 Å². The summed E-state index contributed by atoms with van der Waals surface area (Å²) in [6.45, 7) is 2.00. The molecule has 1 amide bonds. The maximum Gasteiger partial charge on any atom is 0.242 e. The van der Waals surface area contributed by atoms with Gasteiger partial charge in [-0.1, -0.05) is 6.92 Å². The number of nitrogens with zero attached hydrogens (tertiary/aromatic N) is 2. The summed E-state index contributed by atoms with van der Waals surface area (Å²) in [5.41, 5.74) is 0. The summed E-state index contributed by atoms with van der Waals surface area (Å²) in [4.78, 5) is 18.3. The number of carbonyl (C=O) groups is 1. The van der Waals surface area contributed by atoms with Gasteiger partial charge in [-0.05, 0) is 38.0 Å². The van der Waals surface area contributed by atoms with Gasteiger partial charge in [-0.3, -0.25) is 9.69 Å². The lowest BCUT2D eigenvalue weighted by Crippen LogP contribution is -2.39. The first-order chi connectivity index (χ1) is 8.63. The maximum absolute atomic E-state index is 12.2. The van der Waals surface area contributed by atoms with Crippen molar-refractivity contribution in [2.75, 3.05) is 19.4 Å². The fraction of sp³-hybridized carbons (Fsp3) is 0.385. The summed E-state index contributed by atoms with van der Waals surface area (Å²) >= 11 is 1.65. The van der Waals surface area contributed by atoms with Gasteiger partial charge in [0.05, 0.1) is 6.04 Å². The summed E-state index contributed by atoms with van der Waals surface area (Å²) < 4.78 is 1.14. The lowest BCUT2D eigenvalue weighted by molar-refractivity contribution is -0.120. The van der Waals surface area contributed by atoms with Crippen molar-refractivity contribution in [1.82, 2.24) is 9.88 Å². The van der Waals surface area contributed by atoms with Gasteiger partial charge >= 0.3 is 0 Å². The number of pyridine rings is 1. The van der Waals surface area contributed by atoms with E-state index in [4.69, 9.17) is 0 Å². The van der Waals surface area contributed by atoms with Crippen LogP contribution in [0.25, 0.3) is 10.1 Å². The minimum Gasteiger partial charge on any atom is -0.309 e. The first kappa shape index (κ1) is 13.0. The predicted molar refractivity (Wildman–Crippen MR) is 76.0 cm³/mol. The van der Waals surface area contributed by atoms with Crippen LogP contribution < -0.4 is 5.32 Å². The molecule has 5 heteroatoms. The molecule has 1 unspecified atom stereocenters. The van der Waals surface area contributed by atoms with E-state index in [9.17, 15) is 4.79 Å². The van der Waals surface area contributed by atoms with Crippen molar-refractivity contribution < 1.29 is 4.79 Å². The number of likely N-dealkylation sites (N-methyl/N-ethyl adjacent to an activating group) is 1. The average molecular weight is 263 g/mol. The van der Waals surface area contributed by atoms with Gasteiger partial charge in [0.1, 0.15) is 5.82 Å². The highest BCUT2D eigenvalue weighted by molar-refractivity contribution is 7.17. The number of carbonyl (C=O) groups excluding carboxylic acids is 1. The van der Waals surface area contributed by atoms with E-state index in [1.807, 2.05) is 43.4 Å². The molecule has 2 heterocycles. The van der Waals surface area contributed by atoms with Crippen LogP contribution in [-0.2, 0) is 4.79 Å². The molecule has 0 saturated heterocycles. The first-order valence-electron chi connectivity index (χ1n) is 5.93. The van der Waals surface area contributed by atoms with Crippen LogP contribution in [0.1, 0.15) is 13.3 Å². The third kappa shape index (κ3) is 2.52. The summed E-state index contributed by atoms with van der Waals surface area (Å²) in [6.07, 6.45) is 2.50. The van der Waals surface area contributed by atoms with Gasteiger partial charge in [-0.25, -0.2) is 4.98 Å². The Morgan fingerprint density at radius 2 is 2.28 bits per heavy atom. The van der Waals surface area contributed by atoms with E-state index >= 15 is 0 Å². The van der Waals surface area contributed by atoms with Crippen molar-refractivity contribution in [3.8, 4) is 0 Å². The monoisotopic (exact) mass is 263 g/mol. The van der Waals surface area contributed by atoms with Gasteiger partial charge < -0.3 is 5.32 Å². The van der Waals surface area contributed by atoms with Gasteiger partial charge in [0.15, 0.2) is 0 Å². The Kier molecular flexibility index (Phi) is 3.93. The molecule has 2 aromatic rings. The Balaban J connectivity index is 2.23. The Hall–Kier alpha value is -1.46. The van der Waals surface area contributed by atoms with Crippen LogP contribution in [0, 0.1) is 0 Å². The zero-order valence-corrected chi connectivity index (χ0v) is 11.6. The molecular weight excluding hydrogens is 246 g/mol. The third-order valence-corrected chi connectivity index (χ3v) is 3.82. The zero-order chi connectivity index (χ0) is 13.1. The highest BCUT2D eigenvalue weighted by Gasteiger charge is 2.19. The van der Waals surface area contributed by atoms with E-state index in [0.29, 0.717) is 5.82 Å². The normalized spacial score (nSPS) is 12.9. The first-order valence-corrected chi connectivity index (χ1v) is 6.81. The number of nitrogens with one attached hydrogen (secondary N) is 1. The maximum atomic E-state index is 12.2. The Bertz CT molecular complexity index is 550. The van der Waals surface area contributed by atoms with Crippen molar-refractivity contribution in [1.29, 1.82) is 0 Å². The van der Waals surface area contributed by atoms with Gasteiger partial charge in [-0.2, -0.15) is 0 Å². The van der Waals surface area contributed by atoms with Crippen molar-refractivity contribution in [3.05, 3.63) is 23.7 Å². The fourth-order valence-electron chi connectivity index (χ4n) is 1.98. The molecule has 0 bridgehead atoms. The highest BCUT2D eigenvalue weighted by atomic mass is 32.1. The van der Waals surface area contributed by atoms with Crippen molar-refractivity contribution in [2.24, 2.45) is 0 Å². The quantitative estimate of drug-likeness (QED) is 0.922. The van der Waals surface area contributed by atoms with Crippen molar-refractivity contribution in [3.63, 3.8) is 0 Å². The minimum absolute atomic E-state index is 0.00583. The van der Waals surface area contributed by atoms with Crippen LogP contribution in [0.5, 0.6) is 0 Å².